The summed E-state index contributed by atoms with van der Waals surface area (Å²) in [6.07, 6.45) is 3.38. The minimum atomic E-state index is -0.123. The molecule has 0 aliphatic carbocycles. The number of nitrogens with one attached hydrogen (secondary N) is 1. The van der Waals surface area contributed by atoms with E-state index in [1.807, 2.05) is 66.7 Å². The molecule has 0 bridgehead atoms. The van der Waals surface area contributed by atoms with E-state index in [2.05, 4.69) is 22.1 Å². The van der Waals surface area contributed by atoms with Gasteiger partial charge in [0, 0.05) is 25.0 Å². The summed E-state index contributed by atoms with van der Waals surface area (Å²) in [7, 11) is 0. The van der Waals surface area contributed by atoms with E-state index >= 15 is 0 Å². The molecule has 0 saturated heterocycles. The number of carbonyl (C=O) groups excluding carboxylic acids is 1. The van der Waals surface area contributed by atoms with Crippen LogP contribution in [-0.2, 0) is 6.54 Å². The Labute approximate surface area is 148 Å². The van der Waals surface area contributed by atoms with Gasteiger partial charge in [-0.2, -0.15) is 0 Å². The number of para-hydroxylation sites is 1. The number of hydrogen-bond acceptors (Lipinski definition) is 3. The van der Waals surface area contributed by atoms with Crippen LogP contribution >= 0.6 is 0 Å². The Morgan fingerprint density at radius 2 is 1.64 bits per heavy atom. The zero-order valence-electron chi connectivity index (χ0n) is 14.2. The summed E-state index contributed by atoms with van der Waals surface area (Å²) in [6, 6.07) is 21.8. The zero-order chi connectivity index (χ0) is 17.5. The van der Waals surface area contributed by atoms with Gasteiger partial charge < -0.3 is 10.2 Å². The van der Waals surface area contributed by atoms with Gasteiger partial charge in [-0.15, -0.1) is 0 Å². The first-order chi connectivity index (χ1) is 12.3. The van der Waals surface area contributed by atoms with Gasteiger partial charge in [-0.3, -0.25) is 9.78 Å². The second kappa shape index (κ2) is 8.11. The summed E-state index contributed by atoms with van der Waals surface area (Å²) in [6.45, 7) is 3.37. The molecule has 4 heteroatoms. The Morgan fingerprint density at radius 3 is 2.32 bits per heavy atom. The molecule has 0 aliphatic rings. The van der Waals surface area contributed by atoms with Crippen LogP contribution in [-0.4, -0.2) is 17.4 Å². The number of nitrogens with zero attached hydrogens (tertiary/aromatic N) is 2. The maximum atomic E-state index is 12.4. The van der Waals surface area contributed by atoms with Crippen molar-refractivity contribution in [3.8, 4) is 0 Å². The van der Waals surface area contributed by atoms with Gasteiger partial charge in [-0.25, -0.2) is 0 Å². The highest BCUT2D eigenvalue weighted by molar-refractivity contribution is 5.94. The van der Waals surface area contributed by atoms with Crippen LogP contribution in [0.15, 0.2) is 79.1 Å². The average Bonchev–Trinajstić information content (AvgIpc) is 2.69. The Hall–Kier alpha value is -3.14. The smallest absolute Gasteiger partial charge is 0.253 e. The number of pyridine rings is 1. The number of anilines is 2. The summed E-state index contributed by atoms with van der Waals surface area (Å²) in [4.78, 5) is 18.8. The van der Waals surface area contributed by atoms with Crippen LogP contribution in [0.2, 0.25) is 0 Å². The molecule has 0 radical (unpaired) electrons. The second-order valence-corrected chi connectivity index (χ2v) is 5.68. The van der Waals surface area contributed by atoms with Gasteiger partial charge in [0.2, 0.25) is 0 Å². The van der Waals surface area contributed by atoms with Gasteiger partial charge >= 0.3 is 0 Å². The number of benzene rings is 2. The van der Waals surface area contributed by atoms with Crippen molar-refractivity contribution in [2.75, 3.05) is 11.4 Å². The van der Waals surface area contributed by atoms with Crippen molar-refractivity contribution in [2.45, 2.75) is 13.5 Å². The standard InChI is InChI=1S/C21H21N3O/c1-2-24(19-11-7-4-8-12-19)20-13-18(15-22-16-20)21(25)23-14-17-9-5-3-6-10-17/h3-13,15-16H,2,14H2,1H3,(H,23,25). The normalized spacial score (nSPS) is 10.3. The van der Waals surface area contributed by atoms with E-state index in [4.69, 9.17) is 0 Å². The molecule has 3 aromatic rings. The van der Waals surface area contributed by atoms with Crippen molar-refractivity contribution < 1.29 is 4.79 Å². The van der Waals surface area contributed by atoms with Crippen molar-refractivity contribution in [2.24, 2.45) is 0 Å². The van der Waals surface area contributed by atoms with Crippen LogP contribution in [0.5, 0.6) is 0 Å². The third-order valence-corrected chi connectivity index (χ3v) is 3.98. The summed E-state index contributed by atoms with van der Waals surface area (Å²) in [5.74, 6) is -0.123. The Balaban J connectivity index is 1.75. The molecule has 1 amide bonds. The highest BCUT2D eigenvalue weighted by Crippen LogP contribution is 2.24. The lowest BCUT2D eigenvalue weighted by Crippen LogP contribution is -2.23. The molecule has 0 fully saturated rings. The topological polar surface area (TPSA) is 45.2 Å². The van der Waals surface area contributed by atoms with Crippen molar-refractivity contribution in [3.05, 3.63) is 90.3 Å². The van der Waals surface area contributed by atoms with Crippen molar-refractivity contribution in [1.82, 2.24) is 10.3 Å². The van der Waals surface area contributed by atoms with Crippen molar-refractivity contribution in [1.29, 1.82) is 0 Å². The number of rotatable bonds is 6. The molecule has 0 atom stereocenters. The van der Waals surface area contributed by atoms with E-state index in [1.165, 1.54) is 0 Å². The largest absolute Gasteiger partial charge is 0.348 e. The molecule has 4 nitrogen and oxygen atoms in total. The third-order valence-electron chi connectivity index (χ3n) is 3.98. The van der Waals surface area contributed by atoms with Gasteiger partial charge in [0.1, 0.15) is 0 Å². The maximum absolute atomic E-state index is 12.4. The Kier molecular flexibility index (Phi) is 5.42. The molecule has 126 valence electrons. The molecule has 0 aliphatic heterocycles. The van der Waals surface area contributed by atoms with E-state index in [0.29, 0.717) is 12.1 Å². The summed E-state index contributed by atoms with van der Waals surface area (Å²) in [5.41, 5.74) is 3.61. The molecule has 0 unspecified atom stereocenters. The van der Waals surface area contributed by atoms with E-state index in [0.717, 1.165) is 23.5 Å². The SMILES string of the molecule is CCN(c1ccccc1)c1cncc(C(=O)NCc2ccccc2)c1. The number of hydrogen-bond donors (Lipinski definition) is 1. The molecule has 2 aromatic carbocycles. The molecular weight excluding hydrogens is 310 g/mol. The fourth-order valence-corrected chi connectivity index (χ4v) is 2.70. The predicted octanol–water partition coefficient (Wildman–Crippen LogP) is 4.17. The van der Waals surface area contributed by atoms with Crippen LogP contribution in [0.4, 0.5) is 11.4 Å². The first-order valence-corrected chi connectivity index (χ1v) is 8.37. The average molecular weight is 331 g/mol. The lowest BCUT2D eigenvalue weighted by Gasteiger charge is -2.23. The molecule has 3 rings (SSSR count). The van der Waals surface area contributed by atoms with Crippen molar-refractivity contribution >= 4 is 17.3 Å². The Morgan fingerprint density at radius 1 is 0.960 bits per heavy atom. The zero-order valence-corrected chi connectivity index (χ0v) is 14.2. The van der Waals surface area contributed by atoms with Crippen LogP contribution in [0, 0.1) is 0 Å². The van der Waals surface area contributed by atoms with Gasteiger partial charge in [-0.05, 0) is 30.7 Å². The quantitative estimate of drug-likeness (QED) is 0.737. The number of carbonyl (C=O) groups is 1. The number of amides is 1. The fraction of sp³-hybridized carbons (Fsp3) is 0.143. The van der Waals surface area contributed by atoms with Crippen LogP contribution < -0.4 is 10.2 Å². The Bertz CT molecular complexity index is 819. The van der Waals surface area contributed by atoms with E-state index in [-0.39, 0.29) is 5.91 Å². The monoisotopic (exact) mass is 331 g/mol. The minimum absolute atomic E-state index is 0.123. The molecule has 1 N–H and O–H groups in total. The fourth-order valence-electron chi connectivity index (χ4n) is 2.70. The van der Waals surface area contributed by atoms with E-state index < -0.39 is 0 Å². The number of aromatic nitrogens is 1. The van der Waals surface area contributed by atoms with E-state index in [9.17, 15) is 4.79 Å². The van der Waals surface area contributed by atoms with Gasteiger partial charge in [0.05, 0.1) is 17.4 Å². The first-order valence-electron chi connectivity index (χ1n) is 8.37. The third kappa shape index (κ3) is 4.23. The molecular formula is C21H21N3O. The van der Waals surface area contributed by atoms with E-state index in [1.54, 1.807) is 12.4 Å². The summed E-state index contributed by atoms with van der Waals surface area (Å²) >= 11 is 0. The maximum Gasteiger partial charge on any atom is 0.253 e. The molecule has 25 heavy (non-hydrogen) atoms. The second-order valence-electron chi connectivity index (χ2n) is 5.68. The lowest BCUT2D eigenvalue weighted by atomic mass is 10.2. The van der Waals surface area contributed by atoms with Gasteiger partial charge in [-0.1, -0.05) is 48.5 Å². The molecule has 1 aromatic heterocycles. The summed E-state index contributed by atoms with van der Waals surface area (Å²) in [5, 5.41) is 2.94. The highest BCUT2D eigenvalue weighted by atomic mass is 16.1. The van der Waals surface area contributed by atoms with Gasteiger partial charge in [0.25, 0.3) is 5.91 Å². The first kappa shape index (κ1) is 16.7. The summed E-state index contributed by atoms with van der Waals surface area (Å²) < 4.78 is 0. The molecule has 0 spiro atoms. The van der Waals surface area contributed by atoms with Gasteiger partial charge in [0.15, 0.2) is 0 Å². The highest BCUT2D eigenvalue weighted by Gasteiger charge is 2.11. The van der Waals surface area contributed by atoms with Crippen molar-refractivity contribution in [3.63, 3.8) is 0 Å². The van der Waals surface area contributed by atoms with Crippen LogP contribution in [0.1, 0.15) is 22.8 Å². The van der Waals surface area contributed by atoms with Crippen LogP contribution in [0.3, 0.4) is 0 Å². The lowest BCUT2D eigenvalue weighted by molar-refractivity contribution is 0.0950. The minimum Gasteiger partial charge on any atom is -0.348 e. The molecule has 0 saturated carbocycles. The molecule has 1 heterocycles. The van der Waals surface area contributed by atoms with Crippen LogP contribution in [0.25, 0.3) is 0 Å². The predicted molar refractivity (Wildman–Crippen MR) is 101 cm³/mol.